The Morgan fingerprint density at radius 2 is 2.05 bits per heavy atom. The van der Waals surface area contributed by atoms with Gasteiger partial charge in [0.05, 0.1) is 17.1 Å². The van der Waals surface area contributed by atoms with E-state index in [-0.39, 0.29) is 11.6 Å². The Labute approximate surface area is 124 Å². The molecule has 0 spiro atoms. The maximum atomic E-state index is 13.8. The minimum Gasteiger partial charge on any atom is -0.397 e. The van der Waals surface area contributed by atoms with Crippen LogP contribution in [0.1, 0.15) is 10.4 Å². The van der Waals surface area contributed by atoms with Crippen molar-refractivity contribution < 1.29 is 9.18 Å². The van der Waals surface area contributed by atoms with Crippen LogP contribution in [0, 0.1) is 5.82 Å². The maximum Gasteiger partial charge on any atom is 0.251 e. The van der Waals surface area contributed by atoms with E-state index in [2.05, 4.69) is 26.6 Å². The molecule has 0 saturated carbocycles. The van der Waals surface area contributed by atoms with Gasteiger partial charge in [0.2, 0.25) is 0 Å². The molecule has 0 fully saturated rings. The Hall–Kier alpha value is -2.08. The van der Waals surface area contributed by atoms with E-state index in [9.17, 15) is 9.18 Å². The summed E-state index contributed by atoms with van der Waals surface area (Å²) in [5.41, 5.74) is 7.45. The molecule has 0 atom stereocenters. The first-order valence-corrected chi connectivity index (χ1v) is 6.65. The molecule has 0 radical (unpaired) electrons. The number of amides is 1. The summed E-state index contributed by atoms with van der Waals surface area (Å²) in [5, 5.41) is 5.42. The van der Waals surface area contributed by atoms with E-state index < -0.39 is 5.82 Å². The van der Waals surface area contributed by atoms with Crippen LogP contribution < -0.4 is 16.4 Å². The lowest BCUT2D eigenvalue weighted by Gasteiger charge is -2.13. The van der Waals surface area contributed by atoms with Gasteiger partial charge in [0.1, 0.15) is 5.82 Å². The number of nitrogens with two attached hydrogens (primary N) is 1. The number of hydrogen-bond acceptors (Lipinski definition) is 3. The highest BCUT2D eigenvalue weighted by Gasteiger charge is 2.11. The molecule has 0 unspecified atom stereocenters. The highest BCUT2D eigenvalue weighted by molar-refractivity contribution is 9.10. The maximum absolute atomic E-state index is 13.8. The quantitative estimate of drug-likeness (QED) is 0.753. The van der Waals surface area contributed by atoms with Gasteiger partial charge in [-0.15, -0.1) is 0 Å². The molecule has 1 amide bonds. The average Bonchev–Trinajstić information content (AvgIpc) is 2.44. The van der Waals surface area contributed by atoms with Crippen molar-refractivity contribution >= 4 is 38.9 Å². The highest BCUT2D eigenvalue weighted by Crippen LogP contribution is 2.31. The summed E-state index contributed by atoms with van der Waals surface area (Å²) >= 11 is 3.27. The van der Waals surface area contributed by atoms with E-state index >= 15 is 0 Å². The molecule has 0 aliphatic rings. The zero-order valence-corrected chi connectivity index (χ0v) is 12.3. The van der Waals surface area contributed by atoms with Gasteiger partial charge < -0.3 is 16.4 Å². The van der Waals surface area contributed by atoms with Crippen molar-refractivity contribution in [2.24, 2.45) is 0 Å². The van der Waals surface area contributed by atoms with Crippen molar-refractivity contribution in [2.75, 3.05) is 18.1 Å². The van der Waals surface area contributed by atoms with Crippen molar-refractivity contribution in [3.8, 4) is 0 Å². The molecule has 0 aliphatic carbocycles. The van der Waals surface area contributed by atoms with E-state index in [1.165, 1.54) is 6.07 Å². The molecule has 104 valence electrons. The van der Waals surface area contributed by atoms with Gasteiger partial charge in [-0.2, -0.15) is 0 Å². The SMILES string of the molecule is CNC(=O)c1ccc(N)c(Nc2c(F)cccc2Br)c1. The molecule has 2 aromatic rings. The average molecular weight is 338 g/mol. The topological polar surface area (TPSA) is 67.2 Å². The van der Waals surface area contributed by atoms with Crippen LogP contribution in [0.5, 0.6) is 0 Å². The molecule has 20 heavy (non-hydrogen) atoms. The van der Waals surface area contributed by atoms with Crippen LogP contribution >= 0.6 is 15.9 Å². The van der Waals surface area contributed by atoms with E-state index in [4.69, 9.17) is 5.73 Å². The van der Waals surface area contributed by atoms with Crippen molar-refractivity contribution in [2.45, 2.75) is 0 Å². The minimum atomic E-state index is -0.413. The third-order valence-corrected chi connectivity index (χ3v) is 3.43. The summed E-state index contributed by atoms with van der Waals surface area (Å²) in [5.74, 6) is -0.648. The molecular formula is C14H13BrFN3O. The second kappa shape index (κ2) is 5.92. The van der Waals surface area contributed by atoms with Crippen LogP contribution in [0.3, 0.4) is 0 Å². The van der Waals surface area contributed by atoms with E-state index in [0.29, 0.717) is 21.4 Å². The fourth-order valence-corrected chi connectivity index (χ4v) is 2.14. The standard InChI is InChI=1S/C14H13BrFN3O/c1-18-14(20)8-5-6-11(17)12(7-8)19-13-9(15)3-2-4-10(13)16/h2-7,19H,17H2,1H3,(H,18,20). The van der Waals surface area contributed by atoms with Crippen LogP contribution in [0.4, 0.5) is 21.5 Å². The van der Waals surface area contributed by atoms with Crippen molar-refractivity contribution in [3.05, 3.63) is 52.3 Å². The number of carbonyl (C=O) groups excluding carboxylic acids is 1. The third-order valence-electron chi connectivity index (χ3n) is 2.76. The smallest absolute Gasteiger partial charge is 0.251 e. The molecule has 4 nitrogen and oxygen atoms in total. The van der Waals surface area contributed by atoms with Gasteiger partial charge in [0, 0.05) is 17.1 Å². The number of carbonyl (C=O) groups is 1. The number of nitrogens with one attached hydrogen (secondary N) is 2. The summed E-state index contributed by atoms with van der Waals surface area (Å²) < 4.78 is 14.4. The molecule has 0 bridgehead atoms. The van der Waals surface area contributed by atoms with E-state index in [1.54, 1.807) is 37.4 Å². The molecule has 0 aliphatic heterocycles. The number of rotatable bonds is 3. The summed E-state index contributed by atoms with van der Waals surface area (Å²) in [7, 11) is 1.54. The van der Waals surface area contributed by atoms with Gasteiger partial charge in [0.25, 0.3) is 5.91 Å². The summed E-state index contributed by atoms with van der Waals surface area (Å²) in [6, 6.07) is 9.43. The Kier molecular flexibility index (Phi) is 4.24. The van der Waals surface area contributed by atoms with Crippen LogP contribution in [0.15, 0.2) is 40.9 Å². The van der Waals surface area contributed by atoms with Crippen LogP contribution in [-0.4, -0.2) is 13.0 Å². The first kappa shape index (κ1) is 14.3. The van der Waals surface area contributed by atoms with Gasteiger partial charge in [0.15, 0.2) is 0 Å². The Morgan fingerprint density at radius 1 is 1.30 bits per heavy atom. The Balaban J connectivity index is 2.40. The fourth-order valence-electron chi connectivity index (χ4n) is 1.70. The molecule has 6 heteroatoms. The lowest BCUT2D eigenvalue weighted by molar-refractivity contribution is 0.0963. The summed E-state index contributed by atoms with van der Waals surface area (Å²) in [4.78, 5) is 11.6. The molecule has 0 heterocycles. The first-order valence-electron chi connectivity index (χ1n) is 5.85. The van der Waals surface area contributed by atoms with Crippen molar-refractivity contribution in [1.29, 1.82) is 0 Å². The van der Waals surface area contributed by atoms with Crippen molar-refractivity contribution in [3.63, 3.8) is 0 Å². The first-order chi connectivity index (χ1) is 9.52. The fraction of sp³-hybridized carbons (Fsp3) is 0.0714. The number of benzene rings is 2. The van der Waals surface area contributed by atoms with Gasteiger partial charge in [-0.3, -0.25) is 4.79 Å². The summed E-state index contributed by atoms with van der Waals surface area (Å²) in [6.07, 6.45) is 0. The minimum absolute atomic E-state index is 0.236. The number of para-hydroxylation sites is 1. The monoisotopic (exact) mass is 337 g/mol. The van der Waals surface area contributed by atoms with E-state index in [1.807, 2.05) is 0 Å². The number of anilines is 3. The van der Waals surface area contributed by atoms with Crippen LogP contribution in [0.25, 0.3) is 0 Å². The number of hydrogen-bond donors (Lipinski definition) is 3. The molecule has 2 aromatic carbocycles. The second-order valence-corrected chi connectivity index (χ2v) is 4.96. The zero-order valence-electron chi connectivity index (χ0n) is 10.7. The van der Waals surface area contributed by atoms with Gasteiger partial charge in [-0.1, -0.05) is 6.07 Å². The Bertz CT molecular complexity index is 641. The molecule has 0 aromatic heterocycles. The third kappa shape index (κ3) is 2.91. The normalized spacial score (nSPS) is 10.2. The van der Waals surface area contributed by atoms with Crippen molar-refractivity contribution in [1.82, 2.24) is 5.32 Å². The lowest BCUT2D eigenvalue weighted by atomic mass is 10.1. The lowest BCUT2D eigenvalue weighted by Crippen LogP contribution is -2.18. The number of halogens is 2. The molecule has 4 N–H and O–H groups in total. The van der Waals surface area contributed by atoms with Gasteiger partial charge >= 0.3 is 0 Å². The predicted octanol–water partition coefficient (Wildman–Crippen LogP) is 3.27. The molecule has 0 saturated heterocycles. The molecule has 2 rings (SSSR count). The van der Waals surface area contributed by atoms with Crippen LogP contribution in [-0.2, 0) is 0 Å². The number of nitrogen functional groups attached to an aromatic ring is 1. The zero-order chi connectivity index (χ0) is 14.7. The highest BCUT2D eigenvalue weighted by atomic mass is 79.9. The van der Waals surface area contributed by atoms with E-state index in [0.717, 1.165) is 0 Å². The Morgan fingerprint density at radius 3 is 2.70 bits per heavy atom. The largest absolute Gasteiger partial charge is 0.397 e. The summed E-state index contributed by atoms with van der Waals surface area (Å²) in [6.45, 7) is 0. The predicted molar refractivity (Wildman–Crippen MR) is 81.6 cm³/mol. The van der Waals surface area contributed by atoms with Gasteiger partial charge in [-0.05, 0) is 46.3 Å². The second-order valence-electron chi connectivity index (χ2n) is 4.10. The molecular weight excluding hydrogens is 325 g/mol. The van der Waals surface area contributed by atoms with Crippen LogP contribution in [0.2, 0.25) is 0 Å². The van der Waals surface area contributed by atoms with Gasteiger partial charge in [-0.25, -0.2) is 4.39 Å².